The Morgan fingerprint density at radius 3 is 2.56 bits per heavy atom. The van der Waals surface area contributed by atoms with Gasteiger partial charge in [-0.2, -0.15) is 4.52 Å². The van der Waals surface area contributed by atoms with Crippen molar-refractivity contribution in [3.8, 4) is 28.8 Å². The first-order chi connectivity index (χ1) is 13.0. The van der Waals surface area contributed by atoms with Crippen molar-refractivity contribution in [3.05, 3.63) is 52.5 Å². The predicted octanol–water partition coefficient (Wildman–Crippen LogP) is 4.00. The maximum atomic E-state index is 6.16. The van der Waals surface area contributed by atoms with Gasteiger partial charge in [0.1, 0.15) is 5.75 Å². The molecular formula is C17H12Cl2N6O2. The Morgan fingerprint density at radius 1 is 1.04 bits per heavy atom. The topological polar surface area (TPSA) is 87.3 Å². The molecule has 3 heterocycles. The summed E-state index contributed by atoms with van der Waals surface area (Å²) >= 11 is 12.2. The molecule has 0 aliphatic rings. The van der Waals surface area contributed by atoms with Crippen LogP contribution in [0, 0.1) is 6.92 Å². The van der Waals surface area contributed by atoms with E-state index in [4.69, 9.17) is 32.7 Å². The van der Waals surface area contributed by atoms with E-state index >= 15 is 0 Å². The van der Waals surface area contributed by atoms with Crippen LogP contribution >= 0.6 is 23.2 Å². The second kappa shape index (κ2) is 6.98. The Balaban J connectivity index is 1.77. The minimum atomic E-state index is 0.151. The number of halogens is 2. The second-order valence-corrected chi connectivity index (χ2v) is 6.35. The van der Waals surface area contributed by atoms with Crippen molar-refractivity contribution in [2.45, 2.75) is 6.92 Å². The van der Waals surface area contributed by atoms with Crippen LogP contribution in [-0.2, 0) is 0 Å². The molecular weight excluding hydrogens is 391 g/mol. The van der Waals surface area contributed by atoms with Gasteiger partial charge in [0.05, 0.1) is 7.11 Å². The van der Waals surface area contributed by atoms with Crippen molar-refractivity contribution < 1.29 is 9.47 Å². The Bertz CT molecular complexity index is 1130. The molecule has 8 nitrogen and oxygen atoms in total. The number of methoxy groups -OCH3 is 1. The molecule has 0 saturated carbocycles. The van der Waals surface area contributed by atoms with Gasteiger partial charge < -0.3 is 9.47 Å². The van der Waals surface area contributed by atoms with Crippen LogP contribution in [0.1, 0.15) is 5.56 Å². The van der Waals surface area contributed by atoms with Crippen LogP contribution in [0.3, 0.4) is 0 Å². The molecule has 1 aromatic carbocycles. The van der Waals surface area contributed by atoms with E-state index in [1.165, 1.54) is 11.6 Å². The van der Waals surface area contributed by atoms with Gasteiger partial charge in [0.25, 0.3) is 0 Å². The molecule has 0 spiro atoms. The van der Waals surface area contributed by atoms with E-state index < -0.39 is 0 Å². The highest BCUT2D eigenvalue weighted by Gasteiger charge is 2.14. The normalized spacial score (nSPS) is 11.0. The minimum Gasteiger partial charge on any atom is -0.467 e. The van der Waals surface area contributed by atoms with E-state index in [9.17, 15) is 0 Å². The van der Waals surface area contributed by atoms with E-state index in [1.54, 1.807) is 36.7 Å². The third-order valence-electron chi connectivity index (χ3n) is 3.77. The molecule has 0 saturated heterocycles. The fourth-order valence-corrected chi connectivity index (χ4v) is 2.84. The fraction of sp³-hybridized carbons (Fsp3) is 0.118. The third kappa shape index (κ3) is 3.36. The standard InChI is InChI=1S/C17H12Cl2N6O2/c1-9-5-14(24-25-15(9)22-23-16(25)19)27-13-4-3-11(18)6-12(13)10-7-20-17(26-2)21-8-10/h3-8H,1-2H3. The quantitative estimate of drug-likeness (QED) is 0.509. The second-order valence-electron chi connectivity index (χ2n) is 5.57. The first-order valence-corrected chi connectivity index (χ1v) is 8.53. The van der Waals surface area contributed by atoms with Crippen molar-refractivity contribution in [1.29, 1.82) is 0 Å². The Kier molecular flexibility index (Phi) is 4.51. The van der Waals surface area contributed by atoms with Gasteiger partial charge in [-0.05, 0) is 36.7 Å². The van der Waals surface area contributed by atoms with Crippen molar-refractivity contribution in [1.82, 2.24) is 29.8 Å². The summed E-state index contributed by atoms with van der Waals surface area (Å²) in [5, 5.41) is 12.8. The van der Waals surface area contributed by atoms with Gasteiger partial charge in [0, 0.05) is 40.2 Å². The van der Waals surface area contributed by atoms with Gasteiger partial charge >= 0.3 is 6.01 Å². The molecule has 0 aliphatic carbocycles. The number of benzene rings is 1. The van der Waals surface area contributed by atoms with Crippen LogP contribution in [0.4, 0.5) is 0 Å². The zero-order valence-corrected chi connectivity index (χ0v) is 15.7. The molecule has 136 valence electrons. The maximum Gasteiger partial charge on any atom is 0.316 e. The molecule has 0 unspecified atom stereocenters. The molecule has 0 amide bonds. The van der Waals surface area contributed by atoms with Crippen LogP contribution in [0.2, 0.25) is 10.3 Å². The summed E-state index contributed by atoms with van der Waals surface area (Å²) in [5.74, 6) is 0.864. The van der Waals surface area contributed by atoms with E-state index in [1.807, 2.05) is 6.92 Å². The average Bonchev–Trinajstić information content (AvgIpc) is 3.05. The number of aryl methyl sites for hydroxylation is 1. The molecule has 10 heteroatoms. The van der Waals surface area contributed by atoms with E-state index in [0.717, 1.165) is 5.56 Å². The van der Waals surface area contributed by atoms with Crippen molar-refractivity contribution >= 4 is 28.8 Å². The molecule has 0 bridgehead atoms. The van der Waals surface area contributed by atoms with Gasteiger partial charge in [-0.1, -0.05) is 11.6 Å². The highest BCUT2D eigenvalue weighted by atomic mass is 35.5. The van der Waals surface area contributed by atoms with Crippen molar-refractivity contribution in [2.75, 3.05) is 7.11 Å². The van der Waals surface area contributed by atoms with E-state index in [0.29, 0.717) is 33.4 Å². The largest absolute Gasteiger partial charge is 0.467 e. The summed E-state index contributed by atoms with van der Waals surface area (Å²) in [6, 6.07) is 7.26. The molecule has 0 atom stereocenters. The van der Waals surface area contributed by atoms with Crippen LogP contribution in [0.5, 0.6) is 17.6 Å². The highest BCUT2D eigenvalue weighted by molar-refractivity contribution is 6.31. The lowest BCUT2D eigenvalue weighted by atomic mass is 10.1. The number of aromatic nitrogens is 6. The summed E-state index contributed by atoms with van der Waals surface area (Å²) in [6.07, 6.45) is 3.26. The summed E-state index contributed by atoms with van der Waals surface area (Å²) in [5.41, 5.74) is 2.81. The van der Waals surface area contributed by atoms with E-state index in [-0.39, 0.29) is 11.3 Å². The minimum absolute atomic E-state index is 0.151. The number of rotatable bonds is 4. The maximum absolute atomic E-state index is 6.16. The third-order valence-corrected chi connectivity index (χ3v) is 4.24. The molecule has 0 aliphatic heterocycles. The van der Waals surface area contributed by atoms with Crippen molar-refractivity contribution in [2.24, 2.45) is 0 Å². The SMILES string of the molecule is COc1ncc(-c2cc(Cl)ccc2Oc2cc(C)c3nnc(Cl)n3n2)cn1. The molecule has 4 aromatic rings. The van der Waals surface area contributed by atoms with Crippen LogP contribution in [0.25, 0.3) is 16.8 Å². The monoisotopic (exact) mass is 402 g/mol. The number of hydrogen-bond donors (Lipinski definition) is 0. The molecule has 0 N–H and O–H groups in total. The van der Waals surface area contributed by atoms with Crippen molar-refractivity contribution in [3.63, 3.8) is 0 Å². The highest BCUT2D eigenvalue weighted by Crippen LogP contribution is 2.35. The van der Waals surface area contributed by atoms with Crippen LogP contribution in [-0.4, -0.2) is 36.9 Å². The van der Waals surface area contributed by atoms with Gasteiger partial charge in [0.15, 0.2) is 5.65 Å². The molecule has 27 heavy (non-hydrogen) atoms. The van der Waals surface area contributed by atoms with Gasteiger partial charge in [-0.15, -0.1) is 15.3 Å². The van der Waals surface area contributed by atoms with Crippen LogP contribution < -0.4 is 9.47 Å². The van der Waals surface area contributed by atoms with Gasteiger partial charge in [-0.25, -0.2) is 9.97 Å². The molecule has 3 aromatic heterocycles. The Labute approximate surface area is 163 Å². The summed E-state index contributed by atoms with van der Waals surface area (Å²) in [7, 11) is 1.50. The number of fused-ring (bicyclic) bond motifs is 1. The molecule has 4 rings (SSSR count). The number of hydrogen-bond acceptors (Lipinski definition) is 7. The lowest BCUT2D eigenvalue weighted by molar-refractivity contribution is 0.380. The predicted molar refractivity (Wildman–Crippen MR) is 99.6 cm³/mol. The summed E-state index contributed by atoms with van der Waals surface area (Å²) in [4.78, 5) is 8.25. The lowest BCUT2D eigenvalue weighted by Gasteiger charge is -2.12. The molecule has 0 radical (unpaired) electrons. The summed E-state index contributed by atoms with van der Waals surface area (Å²) < 4.78 is 12.4. The number of ether oxygens (including phenoxy) is 2. The first-order valence-electron chi connectivity index (χ1n) is 7.77. The molecule has 0 fully saturated rings. The Morgan fingerprint density at radius 2 is 1.81 bits per heavy atom. The average molecular weight is 403 g/mol. The Hall–Kier alpha value is -2.97. The first kappa shape index (κ1) is 17.4. The zero-order valence-electron chi connectivity index (χ0n) is 14.2. The smallest absolute Gasteiger partial charge is 0.316 e. The lowest BCUT2D eigenvalue weighted by Crippen LogP contribution is -1.99. The zero-order chi connectivity index (χ0) is 19.0. The van der Waals surface area contributed by atoms with E-state index in [2.05, 4.69) is 25.3 Å². The van der Waals surface area contributed by atoms with Gasteiger partial charge in [-0.3, -0.25) is 0 Å². The van der Waals surface area contributed by atoms with Gasteiger partial charge in [0.2, 0.25) is 11.2 Å². The fourth-order valence-electron chi connectivity index (χ4n) is 2.51. The summed E-state index contributed by atoms with van der Waals surface area (Å²) in [6.45, 7) is 1.87. The number of nitrogens with zero attached hydrogens (tertiary/aromatic N) is 6. The van der Waals surface area contributed by atoms with Crippen LogP contribution in [0.15, 0.2) is 36.7 Å².